The van der Waals surface area contributed by atoms with Gasteiger partial charge >= 0.3 is 6.36 Å². The van der Waals surface area contributed by atoms with Gasteiger partial charge in [0.05, 0.1) is 12.3 Å². The molecule has 140 valence electrons. The van der Waals surface area contributed by atoms with E-state index in [-0.39, 0.29) is 29.4 Å². The topological polar surface area (TPSA) is 93.8 Å². The van der Waals surface area contributed by atoms with E-state index < -0.39 is 16.2 Å². The first-order valence-electron chi connectivity index (χ1n) is 7.53. The molecule has 0 bridgehead atoms. The van der Waals surface area contributed by atoms with Gasteiger partial charge in [0.25, 0.3) is 0 Å². The van der Waals surface area contributed by atoms with E-state index in [1.165, 1.54) is 30.5 Å². The maximum Gasteiger partial charge on any atom is 0.573 e. The number of nitrogens with zero attached hydrogens (tertiary/aromatic N) is 1. The van der Waals surface area contributed by atoms with Gasteiger partial charge in [-0.2, -0.15) is 0 Å². The van der Waals surface area contributed by atoms with E-state index in [0.29, 0.717) is 12.1 Å². The summed E-state index contributed by atoms with van der Waals surface area (Å²) in [6.07, 6.45) is -1.88. The molecule has 0 saturated heterocycles. The van der Waals surface area contributed by atoms with Crippen LogP contribution in [-0.4, -0.2) is 39.3 Å². The van der Waals surface area contributed by atoms with E-state index >= 15 is 0 Å². The Bertz CT molecular complexity index is 727. The van der Waals surface area contributed by atoms with Crippen molar-refractivity contribution in [3.05, 3.63) is 29.8 Å². The Kier molecular flexibility index (Phi) is 5.50. The summed E-state index contributed by atoms with van der Waals surface area (Å²) in [6.45, 7) is 0.609. The molecule has 1 fully saturated rings. The van der Waals surface area contributed by atoms with Gasteiger partial charge in [0, 0.05) is 18.2 Å². The first kappa shape index (κ1) is 19.4. The molecule has 10 heteroatoms. The van der Waals surface area contributed by atoms with Gasteiger partial charge in [0.2, 0.25) is 0 Å². The molecular weight excluding hydrogens is 359 g/mol. The fraction of sp³-hybridized carbons (Fsp3) is 0.533. The zero-order valence-corrected chi connectivity index (χ0v) is 14.5. The summed E-state index contributed by atoms with van der Waals surface area (Å²) >= 11 is 0. The first-order chi connectivity index (χ1) is 11.5. The molecule has 1 saturated carbocycles. The number of rotatable bonds is 7. The Hall–Kier alpha value is -1.97. The van der Waals surface area contributed by atoms with Gasteiger partial charge in [0.1, 0.15) is 15.6 Å². The first-order valence-corrected chi connectivity index (χ1v) is 9.59. The molecule has 2 rings (SSSR count). The second-order valence-corrected chi connectivity index (χ2v) is 8.46. The van der Waals surface area contributed by atoms with Gasteiger partial charge in [-0.1, -0.05) is 12.1 Å². The summed E-state index contributed by atoms with van der Waals surface area (Å²) in [5.41, 5.74) is 6.14. The zero-order valence-electron chi connectivity index (χ0n) is 13.6. The van der Waals surface area contributed by atoms with E-state index in [2.05, 4.69) is 15.0 Å². The van der Waals surface area contributed by atoms with Crippen LogP contribution in [0.1, 0.15) is 18.4 Å². The van der Waals surface area contributed by atoms with Crippen molar-refractivity contribution in [1.29, 1.82) is 0 Å². The number of halogens is 3. The number of guanidine groups is 1. The highest BCUT2D eigenvalue weighted by Gasteiger charge is 2.45. The third-order valence-electron chi connectivity index (χ3n) is 3.76. The molecule has 0 unspecified atom stereocenters. The second kappa shape index (κ2) is 7.11. The Labute approximate surface area is 144 Å². The number of sulfone groups is 1. The predicted molar refractivity (Wildman–Crippen MR) is 87.8 cm³/mol. The van der Waals surface area contributed by atoms with Crippen LogP contribution in [0.5, 0.6) is 5.75 Å². The highest BCUT2D eigenvalue weighted by molar-refractivity contribution is 7.90. The van der Waals surface area contributed by atoms with Crippen molar-refractivity contribution in [2.24, 2.45) is 16.1 Å². The minimum absolute atomic E-state index is 0.112. The number of nitrogens with one attached hydrogen (secondary N) is 1. The van der Waals surface area contributed by atoms with Crippen molar-refractivity contribution in [2.75, 3.05) is 18.6 Å². The Morgan fingerprint density at radius 2 is 1.92 bits per heavy atom. The predicted octanol–water partition coefficient (Wildman–Crippen LogP) is 1.81. The second-order valence-electron chi connectivity index (χ2n) is 6.32. The van der Waals surface area contributed by atoms with E-state index in [4.69, 9.17) is 5.73 Å². The van der Waals surface area contributed by atoms with Crippen LogP contribution < -0.4 is 15.8 Å². The van der Waals surface area contributed by atoms with Crippen molar-refractivity contribution >= 4 is 15.8 Å². The molecule has 1 aromatic rings. The van der Waals surface area contributed by atoms with E-state index in [1.54, 1.807) is 0 Å². The van der Waals surface area contributed by atoms with Gasteiger partial charge < -0.3 is 15.8 Å². The summed E-state index contributed by atoms with van der Waals surface area (Å²) in [5, 5.41) is 2.91. The molecule has 1 aliphatic carbocycles. The normalized spacial score (nSPS) is 17.2. The minimum Gasteiger partial charge on any atom is -0.406 e. The maximum absolute atomic E-state index is 12.1. The van der Waals surface area contributed by atoms with Crippen molar-refractivity contribution in [1.82, 2.24) is 5.32 Å². The van der Waals surface area contributed by atoms with Crippen LogP contribution in [0.4, 0.5) is 13.2 Å². The molecular formula is C15H20F3N3O3S. The van der Waals surface area contributed by atoms with Gasteiger partial charge in [-0.05, 0) is 30.5 Å². The molecule has 0 radical (unpaired) electrons. The molecule has 0 spiro atoms. The number of aliphatic imine (C=N–C) groups is 1. The van der Waals surface area contributed by atoms with Crippen molar-refractivity contribution in [2.45, 2.75) is 25.7 Å². The van der Waals surface area contributed by atoms with Crippen molar-refractivity contribution in [3.8, 4) is 5.75 Å². The van der Waals surface area contributed by atoms with E-state index in [0.717, 1.165) is 12.8 Å². The number of hydrogen-bond donors (Lipinski definition) is 2. The lowest BCUT2D eigenvalue weighted by molar-refractivity contribution is -0.274. The molecule has 1 aromatic carbocycles. The lowest BCUT2D eigenvalue weighted by atomic mass is 10.1. The van der Waals surface area contributed by atoms with Crippen LogP contribution in [0.25, 0.3) is 0 Å². The standard InChI is InChI=1S/C15H20F3N3O3S/c1-25(22,23)10-14(6-7-14)9-21-13(19)20-8-11-2-4-12(5-3-11)24-15(16,17)18/h2-5H,6-10H2,1H3,(H3,19,20,21). The Balaban J connectivity index is 1.83. The van der Waals surface area contributed by atoms with Crippen LogP contribution in [0.2, 0.25) is 0 Å². The molecule has 0 aromatic heterocycles. The van der Waals surface area contributed by atoms with Gasteiger partial charge in [-0.15, -0.1) is 13.2 Å². The summed E-state index contributed by atoms with van der Waals surface area (Å²) in [4.78, 5) is 4.10. The van der Waals surface area contributed by atoms with Crippen molar-refractivity contribution < 1.29 is 26.3 Å². The average molecular weight is 379 g/mol. The van der Waals surface area contributed by atoms with Gasteiger partial charge in [-0.25, -0.2) is 13.4 Å². The molecule has 3 N–H and O–H groups in total. The van der Waals surface area contributed by atoms with E-state index in [9.17, 15) is 21.6 Å². The van der Waals surface area contributed by atoms with Crippen LogP contribution >= 0.6 is 0 Å². The number of nitrogens with two attached hydrogens (primary N) is 1. The Morgan fingerprint density at radius 3 is 2.40 bits per heavy atom. The SMILES string of the molecule is CS(=O)(=O)CC1(CNC(N)=NCc2ccc(OC(F)(F)F)cc2)CC1. The van der Waals surface area contributed by atoms with Crippen LogP contribution in [-0.2, 0) is 16.4 Å². The lowest BCUT2D eigenvalue weighted by Crippen LogP contribution is -2.38. The molecule has 0 atom stereocenters. The Morgan fingerprint density at radius 1 is 1.32 bits per heavy atom. The van der Waals surface area contributed by atoms with Gasteiger partial charge in [-0.3, -0.25) is 0 Å². The minimum atomic E-state index is -4.72. The average Bonchev–Trinajstić information content (AvgIpc) is 3.20. The number of hydrogen-bond acceptors (Lipinski definition) is 4. The summed E-state index contributed by atoms with van der Waals surface area (Å²) in [5.74, 6) is -0.0285. The van der Waals surface area contributed by atoms with Crippen molar-refractivity contribution in [3.63, 3.8) is 0 Å². The summed E-state index contributed by atoms with van der Waals surface area (Å²) < 4.78 is 62.8. The smallest absolute Gasteiger partial charge is 0.406 e. The molecule has 0 amide bonds. The van der Waals surface area contributed by atoms with Gasteiger partial charge in [0.15, 0.2) is 5.96 Å². The highest BCUT2D eigenvalue weighted by atomic mass is 32.2. The molecule has 0 aliphatic heterocycles. The van der Waals surface area contributed by atoms with E-state index in [1.807, 2.05) is 0 Å². The molecule has 0 heterocycles. The maximum atomic E-state index is 12.1. The fourth-order valence-corrected chi connectivity index (χ4v) is 3.92. The summed E-state index contributed by atoms with van der Waals surface area (Å²) in [7, 11) is -3.05. The number of benzene rings is 1. The fourth-order valence-electron chi connectivity index (χ4n) is 2.41. The molecule has 25 heavy (non-hydrogen) atoms. The highest BCUT2D eigenvalue weighted by Crippen LogP contribution is 2.45. The number of alkyl halides is 3. The quantitative estimate of drug-likeness (QED) is 0.557. The van der Waals surface area contributed by atoms with Crippen LogP contribution in [0, 0.1) is 5.41 Å². The molecule has 1 aliphatic rings. The summed E-state index contributed by atoms with van der Waals surface area (Å²) in [6, 6.07) is 5.33. The third-order valence-corrected chi connectivity index (χ3v) is 4.90. The zero-order chi connectivity index (χ0) is 18.7. The number of ether oxygens (including phenoxy) is 1. The van der Waals surface area contributed by atoms with Crippen LogP contribution in [0.15, 0.2) is 29.3 Å². The lowest BCUT2D eigenvalue weighted by Gasteiger charge is -2.15. The monoisotopic (exact) mass is 379 g/mol. The van der Waals surface area contributed by atoms with Crippen LogP contribution in [0.3, 0.4) is 0 Å². The largest absolute Gasteiger partial charge is 0.573 e. The molecule has 6 nitrogen and oxygen atoms in total. The third kappa shape index (κ3) is 7.20.